The summed E-state index contributed by atoms with van der Waals surface area (Å²) in [6.07, 6.45) is 0.963. The van der Waals surface area contributed by atoms with Crippen LogP contribution >= 0.6 is 11.8 Å². The van der Waals surface area contributed by atoms with Gasteiger partial charge in [-0.2, -0.15) is 11.8 Å². The molecule has 1 aromatic carbocycles. The first kappa shape index (κ1) is 13.0. The van der Waals surface area contributed by atoms with Crippen LogP contribution in [0.2, 0.25) is 0 Å². The molecule has 1 aromatic rings. The lowest BCUT2D eigenvalue weighted by molar-refractivity contribution is -0.119. The van der Waals surface area contributed by atoms with Gasteiger partial charge in [0.25, 0.3) is 0 Å². The zero-order valence-corrected chi connectivity index (χ0v) is 11.0. The fraction of sp³-hybridized carbons (Fsp3) is 0.385. The maximum Gasteiger partial charge on any atom is 0.228 e. The molecule has 0 saturated carbocycles. The maximum atomic E-state index is 11.9. The van der Waals surface area contributed by atoms with E-state index in [1.807, 2.05) is 36.0 Å². The van der Waals surface area contributed by atoms with Crippen molar-refractivity contribution in [1.29, 1.82) is 0 Å². The van der Waals surface area contributed by atoms with Crippen molar-refractivity contribution in [2.75, 3.05) is 16.8 Å². The zero-order chi connectivity index (χ0) is 13.0. The number of carbonyl (C=O) groups is 1. The summed E-state index contributed by atoms with van der Waals surface area (Å²) in [5.74, 6) is 2.22. The van der Waals surface area contributed by atoms with Gasteiger partial charge in [-0.3, -0.25) is 4.79 Å². The molecule has 2 N–H and O–H groups in total. The Morgan fingerprint density at radius 3 is 2.72 bits per heavy atom. The number of amides is 1. The molecule has 18 heavy (non-hydrogen) atoms. The third kappa shape index (κ3) is 3.04. The molecular formula is C13H16N2O2S. The minimum Gasteiger partial charge on any atom is -0.411 e. The lowest BCUT2D eigenvalue weighted by Crippen LogP contribution is -2.22. The summed E-state index contributed by atoms with van der Waals surface area (Å²) >= 11 is 1.83. The number of anilines is 1. The largest absolute Gasteiger partial charge is 0.411 e. The van der Waals surface area contributed by atoms with E-state index in [0.29, 0.717) is 5.71 Å². The van der Waals surface area contributed by atoms with Gasteiger partial charge in [-0.15, -0.1) is 0 Å². The Labute approximate surface area is 110 Å². The van der Waals surface area contributed by atoms with Gasteiger partial charge in [-0.1, -0.05) is 17.3 Å². The highest BCUT2D eigenvalue weighted by Gasteiger charge is 2.22. The molecule has 1 heterocycles. The molecule has 0 aliphatic carbocycles. The highest BCUT2D eigenvalue weighted by atomic mass is 32.2. The van der Waals surface area contributed by atoms with E-state index in [9.17, 15) is 4.79 Å². The first-order valence-electron chi connectivity index (χ1n) is 5.88. The molecule has 0 spiro atoms. The summed E-state index contributed by atoms with van der Waals surface area (Å²) in [6.45, 7) is 1.73. The first-order chi connectivity index (χ1) is 8.70. The van der Waals surface area contributed by atoms with Crippen LogP contribution in [0, 0.1) is 5.92 Å². The molecule has 1 fully saturated rings. The Morgan fingerprint density at radius 2 is 2.17 bits per heavy atom. The number of hydrogen-bond acceptors (Lipinski definition) is 4. The van der Waals surface area contributed by atoms with Crippen LogP contribution < -0.4 is 5.32 Å². The molecule has 5 heteroatoms. The second-order valence-corrected chi connectivity index (χ2v) is 5.46. The van der Waals surface area contributed by atoms with E-state index in [1.165, 1.54) is 0 Å². The summed E-state index contributed by atoms with van der Waals surface area (Å²) in [7, 11) is 0. The second-order valence-electron chi connectivity index (χ2n) is 4.31. The highest BCUT2D eigenvalue weighted by Crippen LogP contribution is 2.24. The monoisotopic (exact) mass is 264 g/mol. The minimum atomic E-state index is 0.0975. The summed E-state index contributed by atoms with van der Waals surface area (Å²) < 4.78 is 0. The molecular weight excluding hydrogens is 248 g/mol. The van der Waals surface area contributed by atoms with E-state index in [0.717, 1.165) is 29.2 Å². The fourth-order valence-electron chi connectivity index (χ4n) is 1.84. The molecule has 0 bridgehead atoms. The summed E-state index contributed by atoms with van der Waals surface area (Å²) in [5, 5.41) is 14.7. The predicted molar refractivity (Wildman–Crippen MR) is 74.5 cm³/mol. The second kappa shape index (κ2) is 5.91. The Balaban J connectivity index is 1.99. The van der Waals surface area contributed by atoms with E-state index < -0.39 is 0 Å². The Hall–Kier alpha value is -1.49. The molecule has 4 nitrogen and oxygen atoms in total. The molecule has 1 atom stereocenters. The fourth-order valence-corrected chi connectivity index (χ4v) is 3.06. The number of hydrogen-bond donors (Lipinski definition) is 2. The summed E-state index contributed by atoms with van der Waals surface area (Å²) in [6, 6.07) is 7.30. The van der Waals surface area contributed by atoms with Crippen LogP contribution in [-0.2, 0) is 4.79 Å². The third-order valence-electron chi connectivity index (χ3n) is 3.02. The van der Waals surface area contributed by atoms with Crippen LogP contribution in [0.3, 0.4) is 0 Å². The topological polar surface area (TPSA) is 61.7 Å². The average Bonchev–Trinajstić information content (AvgIpc) is 2.92. The van der Waals surface area contributed by atoms with Crippen LogP contribution in [0.5, 0.6) is 0 Å². The van der Waals surface area contributed by atoms with Gasteiger partial charge < -0.3 is 10.5 Å². The molecule has 1 unspecified atom stereocenters. The molecule has 1 saturated heterocycles. The third-order valence-corrected chi connectivity index (χ3v) is 4.18. The van der Waals surface area contributed by atoms with Gasteiger partial charge in [0.2, 0.25) is 5.91 Å². The number of benzene rings is 1. The van der Waals surface area contributed by atoms with Crippen molar-refractivity contribution >= 4 is 29.1 Å². The quantitative estimate of drug-likeness (QED) is 0.501. The zero-order valence-electron chi connectivity index (χ0n) is 10.2. The molecule has 1 aliphatic rings. The van der Waals surface area contributed by atoms with E-state index in [-0.39, 0.29) is 11.8 Å². The Bertz CT molecular complexity index is 451. The SMILES string of the molecule is CC(=NO)c1ccc(NC(=O)C2CCSC2)cc1. The number of carbonyl (C=O) groups excluding carboxylic acids is 1. The van der Waals surface area contributed by atoms with Crippen molar-refractivity contribution in [2.45, 2.75) is 13.3 Å². The van der Waals surface area contributed by atoms with Crippen molar-refractivity contribution in [2.24, 2.45) is 11.1 Å². The Morgan fingerprint density at radius 1 is 1.44 bits per heavy atom. The summed E-state index contributed by atoms with van der Waals surface area (Å²) in [4.78, 5) is 11.9. The maximum absolute atomic E-state index is 11.9. The lowest BCUT2D eigenvalue weighted by atomic mass is 10.1. The van der Waals surface area contributed by atoms with Gasteiger partial charge in [-0.05, 0) is 36.8 Å². The molecule has 2 rings (SSSR count). The number of nitrogens with one attached hydrogen (secondary N) is 1. The van der Waals surface area contributed by atoms with Crippen molar-refractivity contribution in [3.05, 3.63) is 29.8 Å². The lowest BCUT2D eigenvalue weighted by Gasteiger charge is -2.10. The van der Waals surface area contributed by atoms with E-state index in [2.05, 4.69) is 10.5 Å². The van der Waals surface area contributed by atoms with Gasteiger partial charge >= 0.3 is 0 Å². The molecule has 0 radical (unpaired) electrons. The highest BCUT2D eigenvalue weighted by molar-refractivity contribution is 7.99. The number of thioether (sulfide) groups is 1. The van der Waals surface area contributed by atoms with E-state index in [4.69, 9.17) is 5.21 Å². The predicted octanol–water partition coefficient (Wildman–Crippen LogP) is 2.58. The van der Waals surface area contributed by atoms with Crippen LogP contribution in [0.4, 0.5) is 5.69 Å². The standard InChI is InChI=1S/C13H16N2O2S/c1-9(15-17)10-2-4-12(5-3-10)14-13(16)11-6-7-18-8-11/h2-5,11,17H,6-8H2,1H3,(H,14,16). The van der Waals surface area contributed by atoms with Crippen LogP contribution in [-0.4, -0.2) is 28.3 Å². The van der Waals surface area contributed by atoms with Crippen molar-refractivity contribution in [3.8, 4) is 0 Å². The van der Waals surface area contributed by atoms with Gasteiger partial charge in [-0.25, -0.2) is 0 Å². The Kier molecular flexibility index (Phi) is 4.25. The van der Waals surface area contributed by atoms with Gasteiger partial charge in [0.05, 0.1) is 5.71 Å². The van der Waals surface area contributed by atoms with Crippen LogP contribution in [0.25, 0.3) is 0 Å². The van der Waals surface area contributed by atoms with E-state index >= 15 is 0 Å². The number of nitrogens with zero attached hydrogens (tertiary/aromatic N) is 1. The number of oxime groups is 1. The van der Waals surface area contributed by atoms with Crippen molar-refractivity contribution in [3.63, 3.8) is 0 Å². The normalized spacial score (nSPS) is 19.8. The molecule has 1 aliphatic heterocycles. The van der Waals surface area contributed by atoms with Gasteiger partial charge in [0.15, 0.2) is 0 Å². The minimum absolute atomic E-state index is 0.0975. The van der Waals surface area contributed by atoms with Gasteiger partial charge in [0.1, 0.15) is 0 Å². The molecule has 0 aromatic heterocycles. The van der Waals surface area contributed by atoms with Crippen molar-refractivity contribution < 1.29 is 10.0 Å². The smallest absolute Gasteiger partial charge is 0.228 e. The van der Waals surface area contributed by atoms with Crippen LogP contribution in [0.15, 0.2) is 29.4 Å². The average molecular weight is 264 g/mol. The van der Waals surface area contributed by atoms with Crippen LogP contribution in [0.1, 0.15) is 18.9 Å². The van der Waals surface area contributed by atoms with Crippen molar-refractivity contribution in [1.82, 2.24) is 0 Å². The summed E-state index contributed by atoms with van der Waals surface area (Å²) in [5.41, 5.74) is 2.18. The molecule has 96 valence electrons. The van der Waals surface area contributed by atoms with E-state index in [1.54, 1.807) is 6.92 Å². The van der Waals surface area contributed by atoms with Gasteiger partial charge in [0, 0.05) is 17.4 Å². The first-order valence-corrected chi connectivity index (χ1v) is 7.04. The number of rotatable bonds is 3. The molecule has 1 amide bonds.